The van der Waals surface area contributed by atoms with E-state index >= 15 is 0 Å². The Bertz CT molecular complexity index is 655. The summed E-state index contributed by atoms with van der Waals surface area (Å²) in [6, 6.07) is 0.384. The largest absolute Gasteiger partial charge is 0.368 e. The van der Waals surface area contributed by atoms with Gasteiger partial charge in [-0.3, -0.25) is 14.3 Å². The first-order valence-electron chi connectivity index (χ1n) is 9.80. The second kappa shape index (κ2) is 7.39. The molecular weight excluding hydrogens is 332 g/mol. The molecule has 2 amide bonds. The number of nitrogens with zero attached hydrogens (tertiary/aromatic N) is 4. The molecule has 0 radical (unpaired) electrons. The highest BCUT2D eigenvalue weighted by Crippen LogP contribution is 2.32. The average Bonchev–Trinajstić information content (AvgIpc) is 3.18. The molecule has 1 aromatic rings. The molecule has 7 heteroatoms. The number of amides is 2. The molecule has 1 aromatic heterocycles. The summed E-state index contributed by atoms with van der Waals surface area (Å²) in [5.41, 5.74) is 1.08. The molecule has 3 fully saturated rings. The van der Waals surface area contributed by atoms with Crippen molar-refractivity contribution in [3.8, 4) is 0 Å². The summed E-state index contributed by atoms with van der Waals surface area (Å²) < 4.78 is 7.29. The van der Waals surface area contributed by atoms with E-state index < -0.39 is 0 Å². The Morgan fingerprint density at radius 3 is 2.58 bits per heavy atom. The Balaban J connectivity index is 1.33. The van der Waals surface area contributed by atoms with Gasteiger partial charge in [0.05, 0.1) is 6.20 Å². The maximum absolute atomic E-state index is 13.1. The smallest absolute Gasteiger partial charge is 0.251 e. The summed E-state index contributed by atoms with van der Waals surface area (Å²) in [7, 11) is 1.90. The van der Waals surface area contributed by atoms with E-state index in [4.69, 9.17) is 4.74 Å². The number of aromatic nitrogens is 2. The van der Waals surface area contributed by atoms with Crippen molar-refractivity contribution in [1.82, 2.24) is 19.6 Å². The van der Waals surface area contributed by atoms with Gasteiger partial charge >= 0.3 is 0 Å². The van der Waals surface area contributed by atoms with Crippen molar-refractivity contribution in [3.63, 3.8) is 0 Å². The molecule has 142 valence electrons. The summed E-state index contributed by atoms with van der Waals surface area (Å²) in [5, 5.41) is 4.21. The molecule has 3 aliphatic rings. The van der Waals surface area contributed by atoms with Gasteiger partial charge in [0, 0.05) is 57.0 Å². The quantitative estimate of drug-likeness (QED) is 0.794. The number of hydrogen-bond donors (Lipinski definition) is 0. The number of piperidine rings is 1. The van der Waals surface area contributed by atoms with Crippen molar-refractivity contribution >= 4 is 11.8 Å². The van der Waals surface area contributed by atoms with Crippen molar-refractivity contribution in [2.75, 3.05) is 19.7 Å². The zero-order chi connectivity index (χ0) is 18.1. The minimum atomic E-state index is -0.254. The van der Waals surface area contributed by atoms with Crippen LogP contribution in [-0.2, 0) is 27.9 Å². The van der Waals surface area contributed by atoms with E-state index in [1.807, 2.05) is 29.2 Å². The molecule has 1 atom stereocenters. The van der Waals surface area contributed by atoms with Crippen molar-refractivity contribution in [1.29, 1.82) is 0 Å². The summed E-state index contributed by atoms with van der Waals surface area (Å²) in [6.07, 6.45) is 9.08. The van der Waals surface area contributed by atoms with Crippen LogP contribution in [0.4, 0.5) is 0 Å². The van der Waals surface area contributed by atoms with Crippen LogP contribution in [-0.4, -0.2) is 63.2 Å². The monoisotopic (exact) mass is 360 g/mol. The van der Waals surface area contributed by atoms with E-state index in [0.29, 0.717) is 32.3 Å². The highest BCUT2D eigenvalue weighted by Gasteiger charge is 2.38. The Labute approximate surface area is 154 Å². The van der Waals surface area contributed by atoms with Gasteiger partial charge in [0.15, 0.2) is 0 Å². The number of aryl methyl sites for hydroxylation is 1. The fourth-order valence-electron chi connectivity index (χ4n) is 4.08. The number of likely N-dealkylation sites (tertiary alicyclic amines) is 1. The van der Waals surface area contributed by atoms with Gasteiger partial charge in [-0.15, -0.1) is 0 Å². The SMILES string of the molecule is Cn1cc(CN(C(=O)C2CCN(C(=O)[C@H]3CCCO3)CC2)C2CC2)cn1. The minimum Gasteiger partial charge on any atom is -0.368 e. The predicted molar refractivity (Wildman–Crippen MR) is 95.1 cm³/mol. The van der Waals surface area contributed by atoms with Crippen molar-refractivity contribution < 1.29 is 14.3 Å². The normalized spacial score (nSPS) is 24.0. The van der Waals surface area contributed by atoms with Crippen LogP contribution in [0.15, 0.2) is 12.4 Å². The van der Waals surface area contributed by atoms with Crippen molar-refractivity contribution in [2.24, 2.45) is 13.0 Å². The van der Waals surface area contributed by atoms with Gasteiger partial charge in [-0.1, -0.05) is 0 Å². The third-order valence-electron chi connectivity index (χ3n) is 5.74. The lowest BCUT2D eigenvalue weighted by Crippen LogP contribution is -2.47. The van der Waals surface area contributed by atoms with E-state index in [1.54, 1.807) is 4.68 Å². The van der Waals surface area contributed by atoms with Crippen molar-refractivity contribution in [2.45, 2.75) is 57.2 Å². The molecule has 2 saturated heterocycles. The molecule has 0 unspecified atom stereocenters. The van der Waals surface area contributed by atoms with Gasteiger partial charge in [-0.2, -0.15) is 5.10 Å². The van der Waals surface area contributed by atoms with E-state index in [2.05, 4.69) is 5.10 Å². The molecule has 3 heterocycles. The van der Waals surface area contributed by atoms with E-state index in [-0.39, 0.29) is 23.8 Å². The summed E-state index contributed by atoms with van der Waals surface area (Å²) in [5.74, 6) is 0.393. The van der Waals surface area contributed by atoms with Crippen LogP contribution in [0.5, 0.6) is 0 Å². The van der Waals surface area contributed by atoms with Gasteiger partial charge < -0.3 is 14.5 Å². The fraction of sp³-hybridized carbons (Fsp3) is 0.737. The predicted octanol–water partition coefficient (Wildman–Crippen LogP) is 1.33. The number of rotatable bonds is 5. The minimum absolute atomic E-state index is 0.0285. The third-order valence-corrected chi connectivity index (χ3v) is 5.74. The van der Waals surface area contributed by atoms with Crippen LogP contribution in [0.1, 0.15) is 44.1 Å². The van der Waals surface area contributed by atoms with Gasteiger partial charge in [0.2, 0.25) is 5.91 Å². The Kier molecular flexibility index (Phi) is 4.98. The number of carbonyl (C=O) groups excluding carboxylic acids is 2. The average molecular weight is 360 g/mol. The first-order chi connectivity index (χ1) is 12.6. The van der Waals surface area contributed by atoms with Crippen LogP contribution in [0.2, 0.25) is 0 Å². The van der Waals surface area contributed by atoms with Crippen LogP contribution in [0.3, 0.4) is 0 Å². The molecule has 4 rings (SSSR count). The number of hydrogen-bond acceptors (Lipinski definition) is 4. The molecule has 0 spiro atoms. The van der Waals surface area contributed by atoms with Crippen LogP contribution in [0.25, 0.3) is 0 Å². The molecule has 1 saturated carbocycles. The van der Waals surface area contributed by atoms with Crippen LogP contribution < -0.4 is 0 Å². The molecule has 0 N–H and O–H groups in total. The summed E-state index contributed by atoms with van der Waals surface area (Å²) in [6.45, 7) is 2.67. The molecule has 0 aromatic carbocycles. The molecule has 2 aliphatic heterocycles. The highest BCUT2D eigenvalue weighted by atomic mass is 16.5. The lowest BCUT2D eigenvalue weighted by atomic mass is 9.94. The van der Waals surface area contributed by atoms with Crippen molar-refractivity contribution in [3.05, 3.63) is 18.0 Å². The Hall–Kier alpha value is -1.89. The lowest BCUT2D eigenvalue weighted by molar-refractivity contribution is -0.146. The first kappa shape index (κ1) is 17.5. The lowest BCUT2D eigenvalue weighted by Gasteiger charge is -2.35. The van der Waals surface area contributed by atoms with E-state index in [0.717, 1.165) is 44.1 Å². The zero-order valence-corrected chi connectivity index (χ0v) is 15.5. The van der Waals surface area contributed by atoms with Crippen LogP contribution in [0, 0.1) is 5.92 Å². The first-order valence-corrected chi connectivity index (χ1v) is 9.80. The maximum atomic E-state index is 13.1. The number of ether oxygens (including phenoxy) is 1. The van der Waals surface area contributed by atoms with Gasteiger partial charge in [0.1, 0.15) is 6.10 Å². The molecule has 26 heavy (non-hydrogen) atoms. The topological polar surface area (TPSA) is 67.7 Å². The standard InChI is InChI=1S/C19H28N4O3/c1-21-12-14(11-20-21)13-23(16-4-5-16)18(24)15-6-8-22(9-7-15)19(25)17-3-2-10-26-17/h11-12,15-17H,2-10,13H2,1H3/t17-/m1/s1. The van der Waals surface area contributed by atoms with E-state index in [1.165, 1.54) is 0 Å². The second-order valence-electron chi connectivity index (χ2n) is 7.82. The summed E-state index contributed by atoms with van der Waals surface area (Å²) >= 11 is 0. The molecular formula is C19H28N4O3. The Morgan fingerprint density at radius 1 is 1.23 bits per heavy atom. The molecule has 1 aliphatic carbocycles. The van der Waals surface area contributed by atoms with E-state index in [9.17, 15) is 9.59 Å². The molecule has 0 bridgehead atoms. The van der Waals surface area contributed by atoms with Gasteiger partial charge in [0.25, 0.3) is 5.91 Å². The summed E-state index contributed by atoms with van der Waals surface area (Å²) in [4.78, 5) is 29.5. The maximum Gasteiger partial charge on any atom is 0.251 e. The van der Waals surface area contributed by atoms with Gasteiger partial charge in [-0.25, -0.2) is 0 Å². The fourth-order valence-corrected chi connectivity index (χ4v) is 4.08. The molecule has 7 nitrogen and oxygen atoms in total. The number of carbonyl (C=O) groups is 2. The van der Waals surface area contributed by atoms with Gasteiger partial charge in [-0.05, 0) is 38.5 Å². The Morgan fingerprint density at radius 2 is 2.00 bits per heavy atom. The highest BCUT2D eigenvalue weighted by molar-refractivity contribution is 5.82. The third kappa shape index (κ3) is 3.77. The zero-order valence-electron chi connectivity index (χ0n) is 15.5. The second-order valence-corrected chi connectivity index (χ2v) is 7.82. The van der Waals surface area contributed by atoms with Crippen LogP contribution >= 0.6 is 0 Å².